The van der Waals surface area contributed by atoms with Gasteiger partial charge >= 0.3 is 12.1 Å². The molecule has 0 aliphatic carbocycles. The maximum absolute atomic E-state index is 12.6. The van der Waals surface area contributed by atoms with E-state index < -0.39 is 12.0 Å². The fraction of sp³-hybridized carbons (Fsp3) is 0.333. The lowest BCUT2D eigenvalue weighted by Gasteiger charge is -2.22. The molecule has 0 aliphatic rings. The Morgan fingerprint density at radius 2 is 1.67 bits per heavy atom. The molecular formula is C36H42Cl3N5O7. The third kappa shape index (κ3) is 13.3. The minimum Gasteiger partial charge on any atom is -0.493 e. The lowest BCUT2D eigenvalue weighted by Crippen LogP contribution is -2.37. The Morgan fingerprint density at radius 1 is 0.961 bits per heavy atom. The molecule has 3 aromatic carbocycles. The summed E-state index contributed by atoms with van der Waals surface area (Å²) < 4.78 is 18.0. The van der Waals surface area contributed by atoms with Crippen LogP contribution >= 0.6 is 34.8 Å². The van der Waals surface area contributed by atoms with Crippen LogP contribution in [-0.4, -0.2) is 78.0 Å². The zero-order valence-corrected chi connectivity index (χ0v) is 31.4. The average Bonchev–Trinajstić information content (AvgIpc) is 3.66. The van der Waals surface area contributed by atoms with Crippen molar-refractivity contribution in [2.45, 2.75) is 33.8 Å². The number of hydrogen-bond acceptors (Lipinski definition) is 8. The predicted octanol–water partition coefficient (Wildman–Crippen LogP) is 8.71. The van der Waals surface area contributed by atoms with Crippen LogP contribution in [0.5, 0.6) is 11.5 Å². The largest absolute Gasteiger partial charge is 0.493 e. The van der Waals surface area contributed by atoms with Gasteiger partial charge in [-0.2, -0.15) is 0 Å². The number of ether oxygens (including phenoxy) is 3. The van der Waals surface area contributed by atoms with Crippen molar-refractivity contribution in [2.75, 3.05) is 45.8 Å². The molecule has 0 saturated heterocycles. The van der Waals surface area contributed by atoms with Gasteiger partial charge in [0.25, 0.3) is 5.91 Å². The van der Waals surface area contributed by atoms with Gasteiger partial charge < -0.3 is 19.1 Å². The summed E-state index contributed by atoms with van der Waals surface area (Å²) in [5, 5.41) is 4.80. The molecule has 15 heteroatoms. The minimum atomic E-state index is -0.658. The molecule has 0 aliphatic heterocycles. The average molecular weight is 763 g/mol. The first-order valence-corrected chi connectivity index (χ1v) is 17.2. The van der Waals surface area contributed by atoms with E-state index in [1.165, 1.54) is 25.1 Å². The van der Waals surface area contributed by atoms with E-state index in [9.17, 15) is 14.4 Å². The lowest BCUT2D eigenvalue weighted by molar-refractivity contribution is -0.0756. The van der Waals surface area contributed by atoms with Crippen molar-refractivity contribution in [1.29, 1.82) is 0 Å². The molecule has 0 unspecified atom stereocenters. The Kier molecular flexibility index (Phi) is 16.9. The van der Waals surface area contributed by atoms with E-state index in [-0.39, 0.29) is 24.8 Å². The van der Waals surface area contributed by atoms with Crippen LogP contribution in [0.4, 0.5) is 15.3 Å². The lowest BCUT2D eigenvalue weighted by atomic mass is 10.1. The second-order valence-electron chi connectivity index (χ2n) is 11.4. The van der Waals surface area contributed by atoms with Gasteiger partial charge in [0.2, 0.25) is 0 Å². The Labute approximate surface area is 313 Å². The van der Waals surface area contributed by atoms with Crippen molar-refractivity contribution in [3.63, 3.8) is 0 Å². The van der Waals surface area contributed by atoms with Gasteiger partial charge in [0, 0.05) is 31.0 Å². The number of carbonyl (C=O) groups excluding carboxylic acids is 3. The first-order valence-electron chi connectivity index (χ1n) is 16.0. The molecule has 3 amide bonds. The van der Waals surface area contributed by atoms with Gasteiger partial charge in [-0.3, -0.25) is 19.5 Å². The second-order valence-corrected chi connectivity index (χ2v) is 12.6. The van der Waals surface area contributed by atoms with E-state index >= 15 is 0 Å². The number of anilines is 1. The quantitative estimate of drug-likeness (QED) is 0.127. The first kappa shape index (κ1) is 40.9. The van der Waals surface area contributed by atoms with Gasteiger partial charge in [-0.25, -0.2) is 19.6 Å². The van der Waals surface area contributed by atoms with Crippen LogP contribution in [0.2, 0.25) is 15.1 Å². The molecule has 4 rings (SSSR count). The third-order valence-electron chi connectivity index (χ3n) is 6.87. The Bertz CT molecular complexity index is 1690. The van der Waals surface area contributed by atoms with E-state index in [0.717, 1.165) is 17.0 Å². The highest BCUT2D eigenvalue weighted by atomic mass is 35.5. The molecule has 0 saturated carbocycles. The molecule has 0 atom stereocenters. The van der Waals surface area contributed by atoms with Crippen molar-refractivity contribution in [1.82, 2.24) is 19.5 Å². The molecule has 12 nitrogen and oxygen atoms in total. The number of nitrogens with one attached hydrogen (secondary N) is 1. The SMILES string of the molecule is CCCN(CCOc1c(Cl)cc(Cl)cc1Cl)C(=O)n1ccnc1.CON(C)C(=O)c1cc(OCC(C)C)ccc1NC(=O)OCc1ccccc1. The second kappa shape index (κ2) is 21.0. The molecule has 1 heterocycles. The van der Waals surface area contributed by atoms with Crippen LogP contribution in [-0.2, 0) is 16.2 Å². The molecule has 1 aromatic heterocycles. The number of halogens is 3. The maximum atomic E-state index is 12.6. The Balaban J connectivity index is 0.000000281. The van der Waals surface area contributed by atoms with E-state index in [2.05, 4.69) is 10.3 Å². The van der Waals surface area contributed by atoms with Crippen LogP contribution in [0.15, 0.2) is 79.4 Å². The minimum absolute atomic E-state index is 0.128. The van der Waals surface area contributed by atoms with Crippen LogP contribution in [0, 0.1) is 5.92 Å². The first-order chi connectivity index (χ1) is 24.4. The number of rotatable bonds is 14. The Morgan fingerprint density at radius 3 is 2.27 bits per heavy atom. The van der Waals surface area contributed by atoms with Crippen LogP contribution in [0.3, 0.4) is 0 Å². The number of benzene rings is 3. The Hall–Kier alpha value is -4.49. The molecule has 1 N–H and O–H groups in total. The van der Waals surface area contributed by atoms with E-state index in [1.54, 1.807) is 47.6 Å². The fourth-order valence-electron chi connectivity index (χ4n) is 4.32. The van der Waals surface area contributed by atoms with Crippen LogP contribution in [0.25, 0.3) is 0 Å². The van der Waals surface area contributed by atoms with Crippen molar-refractivity contribution in [3.05, 3.63) is 106 Å². The zero-order valence-electron chi connectivity index (χ0n) is 29.1. The monoisotopic (exact) mass is 761 g/mol. The smallest absolute Gasteiger partial charge is 0.411 e. The van der Waals surface area contributed by atoms with Crippen LogP contribution in [0.1, 0.15) is 43.1 Å². The molecule has 274 valence electrons. The van der Waals surface area contributed by atoms with Gasteiger partial charge in [0.15, 0.2) is 5.75 Å². The summed E-state index contributed by atoms with van der Waals surface area (Å²) in [6, 6.07) is 17.2. The third-order valence-corrected chi connectivity index (χ3v) is 7.65. The van der Waals surface area contributed by atoms with E-state index in [1.807, 2.05) is 51.1 Å². The van der Waals surface area contributed by atoms with Gasteiger partial charge in [0.05, 0.1) is 41.6 Å². The summed E-state index contributed by atoms with van der Waals surface area (Å²) in [7, 11) is 2.87. The highest BCUT2D eigenvalue weighted by molar-refractivity contribution is 6.40. The van der Waals surface area contributed by atoms with Gasteiger partial charge in [-0.05, 0) is 48.2 Å². The van der Waals surface area contributed by atoms with Crippen LogP contribution < -0.4 is 14.8 Å². The topological polar surface area (TPSA) is 124 Å². The zero-order chi connectivity index (χ0) is 37.3. The molecule has 4 aromatic rings. The van der Waals surface area contributed by atoms with Gasteiger partial charge in [-0.15, -0.1) is 0 Å². The normalized spacial score (nSPS) is 10.5. The summed E-state index contributed by atoms with van der Waals surface area (Å²) in [6.07, 6.45) is 4.82. The number of carbonyl (C=O) groups is 3. The number of aromatic nitrogens is 2. The summed E-state index contributed by atoms with van der Waals surface area (Å²) in [4.78, 5) is 47.7. The molecule has 0 spiro atoms. The number of imidazole rings is 1. The molecule has 0 bridgehead atoms. The summed E-state index contributed by atoms with van der Waals surface area (Å²) >= 11 is 18.0. The standard InChI is InChI=1S/C21H26N2O5.C15H16Cl3N3O2/c1-15(2)13-27-17-10-11-19(18(12-17)20(24)23(3)26-4)22-21(25)28-14-16-8-6-5-7-9-16;1-2-4-20(15(22)21-5-3-19-10-21)6-7-23-14-12(17)8-11(16)9-13(14)18/h5-12,15H,13-14H2,1-4H3,(H,22,25);3,5,8-10H,2,4,6-7H2,1H3. The van der Waals surface area contributed by atoms with Gasteiger partial charge in [0.1, 0.15) is 25.3 Å². The fourth-order valence-corrected chi connectivity index (χ4v) is 5.24. The highest BCUT2D eigenvalue weighted by Gasteiger charge is 2.20. The molecule has 51 heavy (non-hydrogen) atoms. The maximum Gasteiger partial charge on any atom is 0.411 e. The van der Waals surface area contributed by atoms with Crippen molar-refractivity contribution < 1.29 is 33.4 Å². The number of nitrogens with zero attached hydrogens (tertiary/aromatic N) is 4. The molecule has 0 fully saturated rings. The summed E-state index contributed by atoms with van der Waals surface area (Å²) in [5.41, 5.74) is 1.41. The van der Waals surface area contributed by atoms with Crippen molar-refractivity contribution >= 4 is 58.5 Å². The van der Waals surface area contributed by atoms with E-state index in [4.69, 9.17) is 53.9 Å². The highest BCUT2D eigenvalue weighted by Crippen LogP contribution is 2.35. The molecular weight excluding hydrogens is 721 g/mol. The molecule has 0 radical (unpaired) electrons. The predicted molar refractivity (Wildman–Crippen MR) is 198 cm³/mol. The number of hydroxylamine groups is 2. The summed E-state index contributed by atoms with van der Waals surface area (Å²) in [6.45, 7) is 7.99. The summed E-state index contributed by atoms with van der Waals surface area (Å²) in [5.74, 6) is 0.816. The number of amides is 3. The van der Waals surface area contributed by atoms with Gasteiger partial charge in [-0.1, -0.05) is 85.9 Å². The van der Waals surface area contributed by atoms with Crippen molar-refractivity contribution in [2.24, 2.45) is 5.92 Å². The number of hydrogen-bond donors (Lipinski definition) is 1. The van der Waals surface area contributed by atoms with Crippen molar-refractivity contribution in [3.8, 4) is 11.5 Å². The van der Waals surface area contributed by atoms with E-state index in [0.29, 0.717) is 57.9 Å².